The first-order valence-corrected chi connectivity index (χ1v) is 15.6. The number of carbonyl (C=O) groups excluding carboxylic acids is 2. The van der Waals surface area contributed by atoms with Crippen LogP contribution >= 0.6 is 0 Å². The van der Waals surface area contributed by atoms with Crippen LogP contribution in [0, 0.1) is 27.6 Å². The quantitative estimate of drug-likeness (QED) is 0.317. The maximum absolute atomic E-state index is 12.9. The van der Waals surface area contributed by atoms with E-state index in [1.807, 2.05) is 55.5 Å². The van der Waals surface area contributed by atoms with Crippen molar-refractivity contribution < 1.29 is 22.6 Å². The van der Waals surface area contributed by atoms with E-state index in [0.29, 0.717) is 18.1 Å². The number of fused-ring (bicyclic) bond motifs is 4. The third kappa shape index (κ3) is 3.64. The summed E-state index contributed by atoms with van der Waals surface area (Å²) in [5.41, 5.74) is 1.56. The predicted octanol–water partition coefficient (Wildman–Crippen LogP) is 7.20. The fourth-order valence-electron chi connectivity index (χ4n) is 8.16. The highest BCUT2D eigenvalue weighted by atomic mass is 32.2. The number of carbonyl (C=O) groups is 2. The average molecular weight is 561 g/mol. The van der Waals surface area contributed by atoms with E-state index in [4.69, 9.17) is 0 Å². The Bertz CT molecular complexity index is 1530. The number of benzene rings is 2. The molecule has 212 valence electrons. The second-order valence-corrected chi connectivity index (χ2v) is 15.2. The lowest BCUT2D eigenvalue weighted by molar-refractivity contribution is -0.126. The second kappa shape index (κ2) is 9.09. The van der Waals surface area contributed by atoms with Gasteiger partial charge in [-0.15, -0.1) is 0 Å². The predicted molar refractivity (Wildman–Crippen MR) is 159 cm³/mol. The molecule has 4 aliphatic carbocycles. The van der Waals surface area contributed by atoms with Gasteiger partial charge in [0.15, 0.2) is 11.6 Å². The molecule has 0 radical (unpaired) electrons. The number of rotatable bonds is 3. The number of hydrogen-bond donors (Lipinski definition) is 1. The maximum atomic E-state index is 12.9. The Morgan fingerprint density at radius 2 is 1.25 bits per heavy atom. The minimum absolute atomic E-state index is 0.116. The summed E-state index contributed by atoms with van der Waals surface area (Å²) in [6, 6.07) is 19.4. The van der Waals surface area contributed by atoms with Gasteiger partial charge in [-0.3, -0.25) is 14.1 Å². The Morgan fingerprint density at radius 1 is 0.725 bits per heavy atom. The molecule has 4 bridgehead atoms. The maximum Gasteiger partial charge on any atom is 0.275 e. The number of allylic oxidation sites excluding steroid dienone is 1. The molecule has 0 saturated heterocycles. The van der Waals surface area contributed by atoms with E-state index in [2.05, 4.69) is 39.0 Å². The van der Waals surface area contributed by atoms with Crippen LogP contribution in [0.3, 0.4) is 0 Å². The van der Waals surface area contributed by atoms with Gasteiger partial charge in [0.05, 0.1) is 0 Å². The molecule has 6 heteroatoms. The minimum Gasteiger partial charge on any atom is -0.294 e. The second-order valence-electron chi connectivity index (χ2n) is 13.5. The molecule has 5 nitrogen and oxygen atoms in total. The molecule has 2 aromatic carbocycles. The molecule has 4 atom stereocenters. The summed E-state index contributed by atoms with van der Waals surface area (Å²) >= 11 is 0. The normalized spacial score (nSPS) is 35.3. The highest BCUT2D eigenvalue weighted by molar-refractivity contribution is 7.87. The Labute approximate surface area is 238 Å². The third-order valence-electron chi connectivity index (χ3n) is 11.6. The summed E-state index contributed by atoms with van der Waals surface area (Å²) in [6.45, 7) is 12.0. The summed E-state index contributed by atoms with van der Waals surface area (Å²) in [4.78, 5) is 25.6. The Hall–Kier alpha value is -2.83. The van der Waals surface area contributed by atoms with Crippen molar-refractivity contribution in [3.63, 3.8) is 0 Å². The summed E-state index contributed by atoms with van der Waals surface area (Å²) in [5, 5.41) is 0. The smallest absolute Gasteiger partial charge is 0.275 e. The van der Waals surface area contributed by atoms with Crippen LogP contribution in [-0.2, 0) is 19.7 Å². The number of Topliss-reactive ketones (excluding diaryl/α,β-unsaturated/α-hetero) is 2. The van der Waals surface area contributed by atoms with E-state index < -0.39 is 25.7 Å². The summed E-state index contributed by atoms with van der Waals surface area (Å²) in [5.74, 6) is 0.660. The van der Waals surface area contributed by atoms with E-state index in [0.717, 1.165) is 29.5 Å². The first-order valence-electron chi connectivity index (χ1n) is 14.2. The zero-order chi connectivity index (χ0) is 29.4. The minimum atomic E-state index is -4.41. The van der Waals surface area contributed by atoms with Crippen molar-refractivity contribution in [2.45, 2.75) is 72.0 Å². The lowest BCUT2D eigenvalue weighted by Gasteiger charge is -2.37. The van der Waals surface area contributed by atoms with Crippen molar-refractivity contribution in [2.75, 3.05) is 0 Å². The van der Waals surface area contributed by atoms with Gasteiger partial charge in [0.1, 0.15) is 4.75 Å². The van der Waals surface area contributed by atoms with Gasteiger partial charge in [0.2, 0.25) is 0 Å². The molecular weight excluding hydrogens is 520 g/mol. The summed E-state index contributed by atoms with van der Waals surface area (Å²) < 4.78 is 33.0. The molecule has 40 heavy (non-hydrogen) atoms. The largest absolute Gasteiger partial charge is 0.294 e. The molecule has 2 aromatic rings. The monoisotopic (exact) mass is 560 g/mol. The van der Waals surface area contributed by atoms with Gasteiger partial charge in [-0.05, 0) is 65.9 Å². The highest BCUT2D eigenvalue weighted by Crippen LogP contribution is 2.70. The molecule has 4 unspecified atom stereocenters. The molecule has 4 fully saturated rings. The van der Waals surface area contributed by atoms with Crippen molar-refractivity contribution >= 4 is 33.8 Å². The van der Waals surface area contributed by atoms with Gasteiger partial charge < -0.3 is 0 Å². The SMILES string of the molecule is CC12CCC(C(=Cc3ccccc3)C1=O)C2(C)C.CC12CCC(S(=O)(=O)O)(C(=Cc3ccccc3)C1=O)C2(C)C. The molecule has 6 rings (SSSR count). The van der Waals surface area contributed by atoms with Gasteiger partial charge >= 0.3 is 0 Å². The molecule has 4 aliphatic rings. The summed E-state index contributed by atoms with van der Waals surface area (Å²) in [7, 11) is -4.41. The lowest BCUT2D eigenvalue weighted by Crippen LogP contribution is -2.47. The molecule has 4 saturated carbocycles. The van der Waals surface area contributed by atoms with Crippen LogP contribution in [0.1, 0.15) is 78.4 Å². The van der Waals surface area contributed by atoms with Crippen LogP contribution in [-0.4, -0.2) is 29.3 Å². The van der Waals surface area contributed by atoms with Crippen molar-refractivity contribution in [1.82, 2.24) is 0 Å². The lowest BCUT2D eigenvalue weighted by atomic mass is 9.70. The van der Waals surface area contributed by atoms with Gasteiger partial charge in [0.25, 0.3) is 10.1 Å². The van der Waals surface area contributed by atoms with Crippen LogP contribution in [0.2, 0.25) is 0 Å². The zero-order valence-electron chi connectivity index (χ0n) is 24.3. The van der Waals surface area contributed by atoms with Crippen LogP contribution in [0.15, 0.2) is 71.8 Å². The van der Waals surface area contributed by atoms with Crippen LogP contribution in [0.5, 0.6) is 0 Å². The van der Waals surface area contributed by atoms with Gasteiger partial charge in [-0.1, -0.05) is 102 Å². The van der Waals surface area contributed by atoms with Gasteiger partial charge in [-0.25, -0.2) is 0 Å². The summed E-state index contributed by atoms with van der Waals surface area (Å²) in [6.07, 6.45) is 6.70. The number of ketones is 2. The van der Waals surface area contributed by atoms with Crippen molar-refractivity contribution in [3.05, 3.63) is 82.9 Å². The fourth-order valence-corrected chi connectivity index (χ4v) is 9.82. The Kier molecular flexibility index (Phi) is 6.52. The molecular formula is C34H40O5S. The van der Waals surface area contributed by atoms with Gasteiger partial charge in [0, 0.05) is 21.8 Å². The third-order valence-corrected chi connectivity index (χ3v) is 13.4. The fraction of sp³-hybridized carbons (Fsp3) is 0.471. The molecule has 1 N–H and O–H groups in total. The first-order chi connectivity index (χ1) is 18.5. The molecule has 0 aliphatic heterocycles. The molecule has 0 spiro atoms. The van der Waals surface area contributed by atoms with E-state index >= 15 is 0 Å². The molecule has 0 aromatic heterocycles. The Morgan fingerprint density at radius 3 is 1.73 bits per heavy atom. The van der Waals surface area contributed by atoms with E-state index in [1.54, 1.807) is 19.9 Å². The van der Waals surface area contributed by atoms with E-state index in [9.17, 15) is 22.6 Å². The van der Waals surface area contributed by atoms with E-state index in [1.165, 1.54) is 0 Å². The molecule has 0 amide bonds. The van der Waals surface area contributed by atoms with E-state index in [-0.39, 0.29) is 28.6 Å². The van der Waals surface area contributed by atoms with Crippen molar-refractivity contribution in [1.29, 1.82) is 0 Å². The number of hydrogen-bond acceptors (Lipinski definition) is 4. The Balaban J connectivity index is 0.000000164. The van der Waals surface area contributed by atoms with Crippen LogP contribution < -0.4 is 0 Å². The van der Waals surface area contributed by atoms with Crippen molar-refractivity contribution in [3.8, 4) is 0 Å². The highest BCUT2D eigenvalue weighted by Gasteiger charge is 2.77. The average Bonchev–Trinajstić information content (AvgIpc) is 3.37. The molecule has 0 heterocycles. The van der Waals surface area contributed by atoms with Crippen LogP contribution in [0.4, 0.5) is 0 Å². The standard InChI is InChI=1S/C17H20O4S.C17H20O/c1-15(2)16(3)9-10-17(15,22(19,20)21)13(14(16)18)11-12-7-5-4-6-8-12;1-16(2)14-9-10-17(16,3)15(18)13(14)11-12-7-5-4-6-8-12/h4-8,11H,9-10H2,1-3H3,(H,19,20,21);4-8,11,14H,9-10H2,1-3H3. The zero-order valence-corrected chi connectivity index (χ0v) is 25.1. The van der Waals surface area contributed by atoms with Gasteiger partial charge in [-0.2, -0.15) is 8.42 Å². The topological polar surface area (TPSA) is 88.5 Å². The van der Waals surface area contributed by atoms with Crippen molar-refractivity contribution in [2.24, 2.45) is 27.6 Å². The first kappa shape index (κ1) is 28.7. The van der Waals surface area contributed by atoms with Crippen LogP contribution in [0.25, 0.3) is 12.2 Å².